The first-order valence-electron chi connectivity index (χ1n) is 28.4. The number of hydrogen-bond acceptors (Lipinski definition) is 5. The van der Waals surface area contributed by atoms with Crippen LogP contribution in [0.25, 0.3) is 0 Å². The molecule has 3 N–H and O–H groups in total. The molecule has 0 aliphatic rings. The van der Waals surface area contributed by atoms with Gasteiger partial charge in [0, 0.05) is 12.8 Å². The number of aliphatic hydroxyl groups is 2. The first-order chi connectivity index (χ1) is 31.0. The second kappa shape index (κ2) is 53.2. The number of hydrogen-bond donors (Lipinski definition) is 3. The molecular weight excluding hydrogens is 779 g/mol. The Morgan fingerprint density at radius 2 is 0.746 bits per heavy atom. The quantitative estimate of drug-likeness (QED) is 0.0321. The molecule has 0 aromatic heterocycles. The highest BCUT2D eigenvalue weighted by atomic mass is 16.5. The highest BCUT2D eigenvalue weighted by molar-refractivity contribution is 5.76. The maximum absolute atomic E-state index is 12.5. The van der Waals surface area contributed by atoms with Crippen molar-refractivity contribution in [3.63, 3.8) is 0 Å². The van der Waals surface area contributed by atoms with E-state index in [0.717, 1.165) is 44.9 Å². The first-order valence-corrected chi connectivity index (χ1v) is 28.4. The lowest BCUT2D eigenvalue weighted by Gasteiger charge is -2.22. The lowest BCUT2D eigenvalue weighted by molar-refractivity contribution is -0.143. The van der Waals surface area contributed by atoms with E-state index in [1.807, 2.05) is 0 Å². The minimum atomic E-state index is -0.666. The summed E-state index contributed by atoms with van der Waals surface area (Å²) in [6.07, 6.45) is 61.9. The van der Waals surface area contributed by atoms with Gasteiger partial charge in [-0.15, -0.1) is 0 Å². The highest BCUT2D eigenvalue weighted by Gasteiger charge is 2.20. The molecule has 63 heavy (non-hydrogen) atoms. The summed E-state index contributed by atoms with van der Waals surface area (Å²) in [4.78, 5) is 24.5. The van der Waals surface area contributed by atoms with Gasteiger partial charge in [-0.05, 0) is 51.4 Å². The van der Waals surface area contributed by atoms with Crippen LogP contribution in [-0.2, 0) is 14.3 Å². The van der Waals surface area contributed by atoms with Crippen LogP contribution in [0.1, 0.15) is 316 Å². The van der Waals surface area contributed by atoms with Crippen LogP contribution in [0.5, 0.6) is 0 Å². The van der Waals surface area contributed by atoms with Gasteiger partial charge in [0.25, 0.3) is 0 Å². The molecule has 2 unspecified atom stereocenters. The predicted octanol–water partition coefficient (Wildman–Crippen LogP) is 17.3. The molecule has 0 bridgehead atoms. The van der Waals surface area contributed by atoms with Crippen LogP contribution in [0, 0.1) is 0 Å². The van der Waals surface area contributed by atoms with Gasteiger partial charge in [0.15, 0.2) is 0 Å². The van der Waals surface area contributed by atoms with E-state index in [9.17, 15) is 19.8 Å². The average Bonchev–Trinajstić information content (AvgIpc) is 3.28. The summed E-state index contributed by atoms with van der Waals surface area (Å²) in [5.74, 6) is -0.0384. The Labute approximate surface area is 393 Å². The predicted molar refractivity (Wildman–Crippen MR) is 273 cm³/mol. The molecule has 0 aliphatic carbocycles. The summed E-state index contributed by atoms with van der Waals surface area (Å²) in [6, 6.07) is -0.543. The molecule has 374 valence electrons. The molecule has 1 amide bonds. The summed E-state index contributed by atoms with van der Waals surface area (Å²) in [5.41, 5.74) is 0. The Balaban J connectivity index is 3.40. The van der Waals surface area contributed by atoms with Gasteiger partial charge in [0.05, 0.1) is 25.4 Å². The normalized spacial score (nSPS) is 12.6. The van der Waals surface area contributed by atoms with Crippen LogP contribution in [0.2, 0.25) is 0 Å². The van der Waals surface area contributed by atoms with Crippen molar-refractivity contribution in [3.8, 4) is 0 Å². The lowest BCUT2D eigenvalue weighted by Crippen LogP contribution is -2.45. The van der Waals surface area contributed by atoms with Crippen LogP contribution >= 0.6 is 0 Å². The topological polar surface area (TPSA) is 95.9 Å². The molecule has 2 atom stereocenters. The summed E-state index contributed by atoms with van der Waals surface area (Å²) < 4.78 is 5.47. The van der Waals surface area contributed by atoms with Gasteiger partial charge < -0.3 is 20.3 Å². The van der Waals surface area contributed by atoms with Crippen molar-refractivity contribution in [1.29, 1.82) is 0 Å². The number of rotatable bonds is 53. The van der Waals surface area contributed by atoms with E-state index in [1.165, 1.54) is 238 Å². The lowest BCUT2D eigenvalue weighted by atomic mass is 10.0. The molecule has 6 nitrogen and oxygen atoms in total. The minimum absolute atomic E-state index is 0.000757. The summed E-state index contributed by atoms with van der Waals surface area (Å²) in [7, 11) is 0. The fourth-order valence-corrected chi connectivity index (χ4v) is 8.93. The third kappa shape index (κ3) is 49.9. The van der Waals surface area contributed by atoms with Crippen molar-refractivity contribution in [1.82, 2.24) is 5.32 Å². The molecular formula is C57H111NO5. The van der Waals surface area contributed by atoms with Gasteiger partial charge in [-0.25, -0.2) is 0 Å². The van der Waals surface area contributed by atoms with Gasteiger partial charge in [-0.1, -0.05) is 264 Å². The molecule has 0 radical (unpaired) electrons. The zero-order chi connectivity index (χ0) is 45.8. The third-order valence-electron chi connectivity index (χ3n) is 13.3. The number of amides is 1. The summed E-state index contributed by atoms with van der Waals surface area (Å²) in [5, 5.41) is 23.2. The van der Waals surface area contributed by atoms with Crippen molar-refractivity contribution in [2.45, 2.75) is 328 Å². The van der Waals surface area contributed by atoms with Crippen molar-refractivity contribution >= 4 is 11.9 Å². The number of unbranched alkanes of at least 4 members (excludes halogenated alkanes) is 40. The first kappa shape index (κ1) is 61.6. The molecule has 0 saturated heterocycles. The van der Waals surface area contributed by atoms with Gasteiger partial charge >= 0.3 is 5.97 Å². The Hall–Kier alpha value is -1.40. The Kier molecular flexibility index (Phi) is 52.0. The number of allylic oxidation sites excluding steroid dienone is 2. The van der Waals surface area contributed by atoms with Crippen molar-refractivity contribution in [3.05, 3.63) is 12.2 Å². The molecule has 0 saturated carbocycles. The monoisotopic (exact) mass is 890 g/mol. The van der Waals surface area contributed by atoms with Crippen LogP contribution < -0.4 is 5.32 Å². The molecule has 0 spiro atoms. The Bertz CT molecular complexity index is 939. The van der Waals surface area contributed by atoms with Crippen LogP contribution in [-0.4, -0.2) is 47.4 Å². The van der Waals surface area contributed by atoms with Crippen molar-refractivity contribution in [2.75, 3.05) is 13.2 Å². The maximum Gasteiger partial charge on any atom is 0.305 e. The van der Waals surface area contributed by atoms with E-state index in [-0.39, 0.29) is 18.5 Å². The summed E-state index contributed by atoms with van der Waals surface area (Å²) >= 11 is 0. The van der Waals surface area contributed by atoms with E-state index in [1.54, 1.807) is 0 Å². The van der Waals surface area contributed by atoms with Gasteiger partial charge in [0.1, 0.15) is 0 Å². The fourth-order valence-electron chi connectivity index (χ4n) is 8.93. The zero-order valence-corrected chi connectivity index (χ0v) is 42.6. The smallest absolute Gasteiger partial charge is 0.305 e. The standard InChI is InChI=1S/C57H111NO5/c1-3-5-7-9-11-13-15-17-25-29-33-37-41-45-49-55(60)54(53-59)58-56(61)50-46-42-38-34-30-26-23-21-19-20-22-24-28-32-36-40-44-48-52-63-57(62)51-47-43-39-35-31-27-18-16-14-12-10-8-6-4-2/h16,18,54-55,59-60H,3-15,17,19-53H2,1-2H3,(H,58,61)/b18-16-. The SMILES string of the molecule is CCCCCCC/C=C\CCCCCCCC(=O)OCCCCCCCCCCCCCCCCCCCCC(=O)NC(CO)C(O)CCCCCCCCCCCCCCCC. The maximum atomic E-state index is 12.5. The molecule has 0 fully saturated rings. The van der Waals surface area contributed by atoms with Gasteiger partial charge in [0.2, 0.25) is 5.91 Å². The van der Waals surface area contributed by atoms with Crippen LogP contribution in [0.3, 0.4) is 0 Å². The Morgan fingerprint density at radius 3 is 1.13 bits per heavy atom. The molecule has 6 heteroatoms. The van der Waals surface area contributed by atoms with Gasteiger partial charge in [-0.3, -0.25) is 9.59 Å². The highest BCUT2D eigenvalue weighted by Crippen LogP contribution is 2.17. The van der Waals surface area contributed by atoms with E-state index in [2.05, 4.69) is 31.3 Å². The number of aliphatic hydroxyl groups excluding tert-OH is 2. The average molecular weight is 891 g/mol. The molecule has 0 aromatic carbocycles. The Morgan fingerprint density at radius 1 is 0.429 bits per heavy atom. The molecule has 0 rings (SSSR count). The van der Waals surface area contributed by atoms with E-state index in [4.69, 9.17) is 4.74 Å². The van der Waals surface area contributed by atoms with Crippen LogP contribution in [0.4, 0.5) is 0 Å². The van der Waals surface area contributed by atoms with Crippen LogP contribution in [0.15, 0.2) is 12.2 Å². The molecule has 0 aliphatic heterocycles. The second-order valence-corrected chi connectivity index (χ2v) is 19.6. The van der Waals surface area contributed by atoms with Crippen molar-refractivity contribution in [2.24, 2.45) is 0 Å². The third-order valence-corrected chi connectivity index (χ3v) is 13.3. The van der Waals surface area contributed by atoms with Gasteiger partial charge in [-0.2, -0.15) is 0 Å². The summed E-state index contributed by atoms with van der Waals surface area (Å²) in [6.45, 7) is 4.94. The van der Waals surface area contributed by atoms with Crippen molar-refractivity contribution < 1.29 is 24.5 Å². The largest absolute Gasteiger partial charge is 0.466 e. The number of carbonyl (C=O) groups excluding carboxylic acids is 2. The van der Waals surface area contributed by atoms with E-state index in [0.29, 0.717) is 25.9 Å². The number of nitrogens with one attached hydrogen (secondary N) is 1. The molecule has 0 heterocycles. The second-order valence-electron chi connectivity index (χ2n) is 19.6. The molecule has 0 aromatic rings. The number of carbonyl (C=O) groups is 2. The fraction of sp³-hybridized carbons (Fsp3) is 0.930. The minimum Gasteiger partial charge on any atom is -0.466 e. The zero-order valence-electron chi connectivity index (χ0n) is 42.6. The van der Waals surface area contributed by atoms with E-state index >= 15 is 0 Å². The number of esters is 1. The van der Waals surface area contributed by atoms with E-state index < -0.39 is 12.1 Å². The number of ether oxygens (including phenoxy) is 1.